The molecular weight excluding hydrogens is 237 g/mol. The van der Waals surface area contributed by atoms with Gasteiger partial charge in [-0.25, -0.2) is 9.78 Å². The summed E-state index contributed by atoms with van der Waals surface area (Å²) >= 11 is 6.72. The molecular formula is C7H7ClLiNO4S. The van der Waals surface area contributed by atoms with Crippen molar-refractivity contribution in [3.8, 4) is 0 Å². The van der Waals surface area contributed by atoms with Gasteiger partial charge in [0.1, 0.15) is 10.0 Å². The molecule has 1 aromatic rings. The molecule has 1 N–H and O–H groups in total. The first kappa shape index (κ1) is 13.0. The second-order valence-electron chi connectivity index (χ2n) is 2.55. The van der Waals surface area contributed by atoms with Crippen molar-refractivity contribution in [1.29, 1.82) is 0 Å². The Morgan fingerprint density at radius 1 is 1.60 bits per heavy atom. The first-order chi connectivity index (χ1) is 6.68. The van der Waals surface area contributed by atoms with E-state index in [0.29, 0.717) is 18.1 Å². The zero-order chi connectivity index (χ0) is 10.1. The van der Waals surface area contributed by atoms with Crippen LogP contribution in [0.15, 0.2) is 0 Å². The molecule has 1 fully saturated rings. The molecule has 2 rings (SSSR count). The van der Waals surface area contributed by atoms with Crippen molar-refractivity contribution in [3.63, 3.8) is 0 Å². The number of aromatic nitrogens is 1. The molecule has 0 spiro atoms. The van der Waals surface area contributed by atoms with Crippen LogP contribution >= 0.6 is 22.9 Å². The van der Waals surface area contributed by atoms with Crippen LogP contribution in [0.25, 0.3) is 0 Å². The van der Waals surface area contributed by atoms with E-state index < -0.39 is 12.3 Å². The van der Waals surface area contributed by atoms with Gasteiger partial charge in [-0.3, -0.25) is 0 Å². The fourth-order valence-electron chi connectivity index (χ4n) is 1.06. The van der Waals surface area contributed by atoms with Crippen LogP contribution in [-0.4, -0.2) is 29.3 Å². The Bertz CT molecular complexity index is 371. The van der Waals surface area contributed by atoms with Gasteiger partial charge >= 0.3 is 24.8 Å². The molecule has 0 amide bonds. The third kappa shape index (κ3) is 2.72. The van der Waals surface area contributed by atoms with Crippen LogP contribution in [0, 0.1) is 0 Å². The Morgan fingerprint density at radius 2 is 2.20 bits per heavy atom. The molecule has 0 aromatic carbocycles. The summed E-state index contributed by atoms with van der Waals surface area (Å²) in [6.45, 7) is 0.975. The molecule has 1 aliphatic rings. The number of rotatable bonds is 2. The fourth-order valence-corrected chi connectivity index (χ4v) is 2.19. The van der Waals surface area contributed by atoms with Crippen LogP contribution in [0.5, 0.6) is 0 Å². The summed E-state index contributed by atoms with van der Waals surface area (Å²) in [6.07, 6.45) is -0.562. The first-order valence-corrected chi connectivity index (χ1v) is 5.00. The Hall–Kier alpha value is -0.0926. The first-order valence-electron chi connectivity index (χ1n) is 3.81. The molecule has 1 aromatic heterocycles. The van der Waals surface area contributed by atoms with Crippen molar-refractivity contribution in [2.24, 2.45) is 0 Å². The number of ether oxygens (including phenoxy) is 2. The number of halogens is 1. The van der Waals surface area contributed by atoms with Gasteiger partial charge in [0, 0.05) is 0 Å². The number of carboxylic acid groups (broad SMARTS) is 1. The van der Waals surface area contributed by atoms with Crippen LogP contribution in [0.2, 0.25) is 5.15 Å². The Morgan fingerprint density at radius 3 is 2.67 bits per heavy atom. The molecule has 15 heavy (non-hydrogen) atoms. The van der Waals surface area contributed by atoms with Gasteiger partial charge in [0.25, 0.3) is 0 Å². The van der Waals surface area contributed by atoms with Crippen molar-refractivity contribution in [2.45, 2.75) is 6.29 Å². The van der Waals surface area contributed by atoms with E-state index in [-0.39, 0.29) is 30.4 Å². The summed E-state index contributed by atoms with van der Waals surface area (Å²) < 4.78 is 10.4. The third-order valence-corrected chi connectivity index (χ3v) is 3.09. The van der Waals surface area contributed by atoms with Crippen LogP contribution in [0.4, 0.5) is 0 Å². The molecule has 0 atom stereocenters. The maximum absolute atomic E-state index is 10.6. The zero-order valence-corrected chi connectivity index (χ0v) is 9.47. The van der Waals surface area contributed by atoms with Crippen molar-refractivity contribution < 1.29 is 39.7 Å². The molecule has 0 unspecified atom stereocenters. The van der Waals surface area contributed by atoms with Gasteiger partial charge in [-0.2, -0.15) is 0 Å². The minimum atomic E-state index is -1.10. The van der Waals surface area contributed by atoms with Crippen molar-refractivity contribution in [1.82, 2.24) is 4.98 Å². The van der Waals surface area contributed by atoms with E-state index in [1.165, 1.54) is 0 Å². The van der Waals surface area contributed by atoms with Gasteiger partial charge in [-0.15, -0.1) is 11.3 Å². The second kappa shape index (κ2) is 5.30. The molecule has 2 heterocycles. The Kier molecular flexibility index (Phi) is 4.58. The quantitative estimate of drug-likeness (QED) is 0.651. The molecule has 0 radical (unpaired) electrons. The summed E-state index contributed by atoms with van der Waals surface area (Å²) in [4.78, 5) is 14.8. The molecule has 5 nitrogen and oxygen atoms in total. The summed E-state index contributed by atoms with van der Waals surface area (Å²) in [5.74, 6) is -1.10. The standard InChI is InChI=1S/C7H6ClNO4S.Li.H/c8-4-3(7-12-1-2-13-7)14-5(9-4)6(10)11;;/h7H,1-2H2,(H,10,11);;/q;+1;-1. The molecule has 0 saturated carbocycles. The number of hydrogen-bond donors (Lipinski definition) is 1. The Labute approximate surface area is 108 Å². The van der Waals surface area contributed by atoms with Gasteiger partial charge in [0.15, 0.2) is 6.29 Å². The molecule has 1 aliphatic heterocycles. The van der Waals surface area contributed by atoms with Crippen LogP contribution in [0.3, 0.4) is 0 Å². The van der Waals surface area contributed by atoms with Gasteiger partial charge < -0.3 is 16.0 Å². The molecule has 1 saturated heterocycles. The van der Waals surface area contributed by atoms with E-state index in [9.17, 15) is 4.79 Å². The van der Waals surface area contributed by atoms with E-state index >= 15 is 0 Å². The molecule has 8 heteroatoms. The molecule has 0 bridgehead atoms. The topological polar surface area (TPSA) is 68.7 Å². The molecule has 78 valence electrons. The van der Waals surface area contributed by atoms with Crippen LogP contribution < -0.4 is 18.9 Å². The van der Waals surface area contributed by atoms with Gasteiger partial charge in [0.2, 0.25) is 5.01 Å². The van der Waals surface area contributed by atoms with Gasteiger partial charge in [0.05, 0.1) is 13.2 Å². The van der Waals surface area contributed by atoms with Gasteiger partial charge in [-0.05, 0) is 0 Å². The third-order valence-electron chi connectivity index (χ3n) is 1.63. The minimum absolute atomic E-state index is 0. The minimum Gasteiger partial charge on any atom is -1.00 e. The predicted octanol–water partition coefficient (Wildman–Crippen LogP) is -1.34. The summed E-state index contributed by atoms with van der Waals surface area (Å²) in [7, 11) is 0. The number of carbonyl (C=O) groups is 1. The summed E-state index contributed by atoms with van der Waals surface area (Å²) in [5.41, 5.74) is 0. The second-order valence-corrected chi connectivity index (χ2v) is 3.94. The van der Waals surface area contributed by atoms with E-state index in [1.807, 2.05) is 0 Å². The van der Waals surface area contributed by atoms with Crippen molar-refractivity contribution in [3.05, 3.63) is 15.0 Å². The van der Waals surface area contributed by atoms with E-state index in [4.69, 9.17) is 26.2 Å². The SMILES string of the molecule is O=C(O)c1nc(Cl)c(C2OCCO2)s1.[H-].[Li+]. The number of carboxylic acids is 1. The van der Waals surface area contributed by atoms with E-state index in [0.717, 1.165) is 11.3 Å². The van der Waals surface area contributed by atoms with Crippen LogP contribution in [0.1, 0.15) is 22.4 Å². The number of thiazole rings is 1. The van der Waals surface area contributed by atoms with E-state index in [1.54, 1.807) is 0 Å². The van der Waals surface area contributed by atoms with Crippen molar-refractivity contribution in [2.75, 3.05) is 13.2 Å². The maximum Gasteiger partial charge on any atom is 1.00 e. The van der Waals surface area contributed by atoms with Crippen LogP contribution in [-0.2, 0) is 9.47 Å². The number of nitrogens with zero attached hydrogens (tertiary/aromatic N) is 1. The smallest absolute Gasteiger partial charge is 1.00 e. The molecule has 0 aliphatic carbocycles. The average molecular weight is 244 g/mol. The summed E-state index contributed by atoms with van der Waals surface area (Å²) in [5, 5.41) is 8.76. The van der Waals surface area contributed by atoms with E-state index in [2.05, 4.69) is 4.98 Å². The zero-order valence-electron chi connectivity index (χ0n) is 8.90. The Balaban J connectivity index is 0.00000112. The van der Waals surface area contributed by atoms with Crippen molar-refractivity contribution >= 4 is 28.9 Å². The average Bonchev–Trinajstić information content (AvgIpc) is 2.71. The normalized spacial score (nSPS) is 16.3. The summed E-state index contributed by atoms with van der Waals surface area (Å²) in [6, 6.07) is 0. The maximum atomic E-state index is 10.6. The van der Waals surface area contributed by atoms with Gasteiger partial charge in [-0.1, -0.05) is 11.6 Å². The number of aromatic carboxylic acids is 1. The monoisotopic (exact) mass is 243 g/mol. The predicted molar refractivity (Wildman–Crippen MR) is 49.8 cm³/mol. The largest absolute Gasteiger partial charge is 1.00 e. The number of hydrogen-bond acceptors (Lipinski definition) is 5. The fraction of sp³-hybridized carbons (Fsp3) is 0.429.